The molecule has 37 heavy (non-hydrogen) atoms. The summed E-state index contributed by atoms with van der Waals surface area (Å²) in [4.78, 5) is 28.1. The first-order valence-corrected chi connectivity index (χ1v) is 12.2. The van der Waals surface area contributed by atoms with Gasteiger partial charge < -0.3 is 16.4 Å². The van der Waals surface area contributed by atoms with Gasteiger partial charge in [-0.15, -0.1) is 0 Å². The van der Waals surface area contributed by atoms with Crippen LogP contribution in [0.2, 0.25) is 0 Å². The number of para-hydroxylation sites is 1. The molecule has 1 radical (unpaired) electrons. The van der Waals surface area contributed by atoms with E-state index in [2.05, 4.69) is 16.7 Å². The van der Waals surface area contributed by atoms with Gasteiger partial charge in [-0.05, 0) is 56.2 Å². The van der Waals surface area contributed by atoms with Crippen LogP contribution in [0.4, 0.5) is 21.9 Å². The summed E-state index contributed by atoms with van der Waals surface area (Å²) in [6, 6.07) is 34.3. The number of amides is 3. The first-order valence-electron chi connectivity index (χ1n) is 12.2. The summed E-state index contributed by atoms with van der Waals surface area (Å²) in [5, 5.41) is 6.10. The van der Waals surface area contributed by atoms with Crippen LogP contribution in [0.3, 0.4) is 0 Å². The van der Waals surface area contributed by atoms with Crippen molar-refractivity contribution in [2.75, 3.05) is 10.6 Å². The number of urea groups is 1. The summed E-state index contributed by atoms with van der Waals surface area (Å²) in [5.41, 5.74) is 9.41. The van der Waals surface area contributed by atoms with Crippen LogP contribution in [0.15, 0.2) is 103 Å². The highest BCUT2D eigenvalue weighted by Crippen LogP contribution is 2.32. The Morgan fingerprint density at radius 3 is 2.05 bits per heavy atom. The second-order valence-electron chi connectivity index (χ2n) is 9.39. The van der Waals surface area contributed by atoms with E-state index < -0.39 is 5.54 Å². The Morgan fingerprint density at radius 2 is 1.46 bits per heavy atom. The Morgan fingerprint density at radius 1 is 0.892 bits per heavy atom. The van der Waals surface area contributed by atoms with Gasteiger partial charge in [-0.1, -0.05) is 78.9 Å². The number of rotatable bonds is 7. The zero-order chi connectivity index (χ0) is 26.4. The lowest BCUT2D eigenvalue weighted by molar-refractivity contribution is 0.0912. The van der Waals surface area contributed by atoms with Gasteiger partial charge in [-0.2, -0.15) is 0 Å². The standard InChI is InChI=1S/C31H31N4O2/c1-22(23-13-7-4-8-14-23)33-30(37)35(26-17-11-6-12-18-26)28-20-19-24(21-27(28)32)29(36)34-31(2,3)25-15-9-5-10-16-25/h4-19,21-22H,32H2,1-3H3,(H,33,37)(H,34,36). The number of nitrogens with zero attached hydrogens (tertiary/aromatic N) is 1. The van der Waals surface area contributed by atoms with Crippen molar-refractivity contribution in [1.29, 1.82) is 0 Å². The number of hydrogen-bond donors (Lipinski definition) is 3. The van der Waals surface area contributed by atoms with Crippen LogP contribution >= 0.6 is 0 Å². The van der Waals surface area contributed by atoms with Gasteiger partial charge in [0, 0.05) is 11.6 Å². The van der Waals surface area contributed by atoms with E-state index in [0.717, 1.165) is 11.1 Å². The van der Waals surface area contributed by atoms with Gasteiger partial charge in [0.2, 0.25) is 0 Å². The molecule has 1 unspecified atom stereocenters. The maximum atomic E-state index is 13.5. The maximum Gasteiger partial charge on any atom is 0.327 e. The average Bonchev–Trinajstić information content (AvgIpc) is 2.91. The van der Waals surface area contributed by atoms with Crippen molar-refractivity contribution in [3.63, 3.8) is 0 Å². The largest absolute Gasteiger partial charge is 0.397 e. The third-order valence-corrected chi connectivity index (χ3v) is 6.21. The van der Waals surface area contributed by atoms with Crippen LogP contribution in [0.25, 0.3) is 0 Å². The molecule has 4 rings (SSSR count). The molecule has 0 aromatic heterocycles. The quantitative estimate of drug-likeness (QED) is 0.264. The molecule has 187 valence electrons. The third kappa shape index (κ3) is 5.98. The van der Waals surface area contributed by atoms with Crippen molar-refractivity contribution < 1.29 is 9.59 Å². The van der Waals surface area contributed by atoms with Gasteiger partial charge in [0.25, 0.3) is 5.91 Å². The molecular weight excluding hydrogens is 460 g/mol. The zero-order valence-corrected chi connectivity index (χ0v) is 21.2. The van der Waals surface area contributed by atoms with Gasteiger partial charge in [-0.25, -0.2) is 4.79 Å². The number of nitrogens with two attached hydrogens (primary N) is 1. The molecule has 0 bridgehead atoms. The lowest BCUT2D eigenvalue weighted by Gasteiger charge is -2.28. The minimum Gasteiger partial charge on any atom is -0.397 e. The molecule has 0 aliphatic rings. The number of carbonyl (C=O) groups excluding carboxylic acids is 2. The summed E-state index contributed by atoms with van der Waals surface area (Å²) >= 11 is 0. The van der Waals surface area contributed by atoms with Crippen LogP contribution in [0.5, 0.6) is 0 Å². The molecule has 0 saturated heterocycles. The third-order valence-electron chi connectivity index (χ3n) is 6.21. The van der Waals surface area contributed by atoms with E-state index >= 15 is 0 Å². The van der Waals surface area contributed by atoms with Gasteiger partial charge in [0.1, 0.15) is 0 Å². The Bertz CT molecular complexity index is 1360. The van der Waals surface area contributed by atoms with Crippen molar-refractivity contribution in [1.82, 2.24) is 10.6 Å². The molecule has 4 N–H and O–H groups in total. The number of carbonyl (C=O) groups is 2. The number of nitrogen functional groups attached to an aromatic ring is 1. The molecule has 1 atom stereocenters. The minimum absolute atomic E-state index is 0.230. The molecule has 4 aromatic rings. The smallest absolute Gasteiger partial charge is 0.327 e. The van der Waals surface area contributed by atoms with E-state index in [1.807, 2.05) is 112 Å². The van der Waals surface area contributed by atoms with Gasteiger partial charge >= 0.3 is 6.03 Å². The maximum absolute atomic E-state index is 13.5. The highest BCUT2D eigenvalue weighted by Gasteiger charge is 2.26. The van der Waals surface area contributed by atoms with Crippen LogP contribution in [0, 0.1) is 6.07 Å². The molecule has 0 spiro atoms. The highest BCUT2D eigenvalue weighted by atomic mass is 16.2. The molecular formula is C31H31N4O2. The van der Waals surface area contributed by atoms with Crippen molar-refractivity contribution >= 4 is 29.0 Å². The fourth-order valence-corrected chi connectivity index (χ4v) is 4.11. The summed E-state index contributed by atoms with van der Waals surface area (Å²) in [6.07, 6.45) is 0. The SMILES string of the molecule is CC(NC(=O)N(c1ccccc1)c1[c]cc(C(=O)NC(C)(C)c2ccccc2)cc1N)c1ccccc1. The molecule has 0 fully saturated rings. The summed E-state index contributed by atoms with van der Waals surface area (Å²) in [7, 11) is 0. The monoisotopic (exact) mass is 491 g/mol. The number of anilines is 3. The molecule has 0 heterocycles. The second kappa shape index (κ2) is 11.0. The van der Waals surface area contributed by atoms with E-state index in [9.17, 15) is 9.59 Å². The zero-order valence-electron chi connectivity index (χ0n) is 21.2. The summed E-state index contributed by atoms with van der Waals surface area (Å²) < 4.78 is 0. The van der Waals surface area contributed by atoms with E-state index in [4.69, 9.17) is 5.73 Å². The second-order valence-corrected chi connectivity index (χ2v) is 9.39. The van der Waals surface area contributed by atoms with Gasteiger partial charge in [0.15, 0.2) is 0 Å². The lowest BCUT2D eigenvalue weighted by atomic mass is 9.94. The van der Waals surface area contributed by atoms with Crippen LogP contribution < -0.4 is 21.3 Å². The van der Waals surface area contributed by atoms with Crippen molar-refractivity contribution in [3.05, 3.63) is 126 Å². The molecule has 6 nitrogen and oxygen atoms in total. The van der Waals surface area contributed by atoms with Gasteiger partial charge in [0.05, 0.1) is 28.6 Å². The predicted molar refractivity (Wildman–Crippen MR) is 149 cm³/mol. The lowest BCUT2D eigenvalue weighted by Crippen LogP contribution is -2.41. The summed E-state index contributed by atoms with van der Waals surface area (Å²) in [5.74, 6) is -0.281. The minimum atomic E-state index is -0.588. The Labute approximate surface area is 218 Å². The Kier molecular flexibility index (Phi) is 7.58. The summed E-state index contributed by atoms with van der Waals surface area (Å²) in [6.45, 7) is 5.81. The molecule has 0 aliphatic heterocycles. The highest BCUT2D eigenvalue weighted by molar-refractivity contribution is 6.03. The van der Waals surface area contributed by atoms with Crippen molar-refractivity contribution in [2.24, 2.45) is 0 Å². The van der Waals surface area contributed by atoms with E-state index in [1.165, 1.54) is 4.90 Å². The first kappa shape index (κ1) is 25.5. The number of benzene rings is 4. The topological polar surface area (TPSA) is 87.5 Å². The van der Waals surface area contributed by atoms with E-state index in [1.54, 1.807) is 12.1 Å². The number of nitrogens with one attached hydrogen (secondary N) is 2. The molecule has 6 heteroatoms. The normalized spacial score (nSPS) is 11.9. The Hall–Kier alpha value is -4.58. The van der Waals surface area contributed by atoms with E-state index in [-0.39, 0.29) is 23.7 Å². The molecule has 0 saturated carbocycles. The van der Waals surface area contributed by atoms with E-state index in [0.29, 0.717) is 16.9 Å². The van der Waals surface area contributed by atoms with Crippen LogP contribution in [-0.2, 0) is 5.54 Å². The van der Waals surface area contributed by atoms with Crippen LogP contribution in [-0.4, -0.2) is 11.9 Å². The Balaban J connectivity index is 1.60. The first-order chi connectivity index (χ1) is 17.8. The molecule has 4 aromatic carbocycles. The molecule has 3 amide bonds. The number of hydrogen-bond acceptors (Lipinski definition) is 3. The van der Waals surface area contributed by atoms with Crippen molar-refractivity contribution in [3.8, 4) is 0 Å². The fraction of sp³-hybridized carbons (Fsp3) is 0.161. The van der Waals surface area contributed by atoms with Crippen LogP contribution in [0.1, 0.15) is 48.3 Å². The fourth-order valence-electron chi connectivity index (χ4n) is 4.11. The predicted octanol–water partition coefficient (Wildman–Crippen LogP) is 6.34. The van der Waals surface area contributed by atoms with Crippen molar-refractivity contribution in [2.45, 2.75) is 32.4 Å². The molecule has 0 aliphatic carbocycles. The van der Waals surface area contributed by atoms with Gasteiger partial charge in [-0.3, -0.25) is 9.69 Å². The average molecular weight is 492 g/mol.